The number of hydrogen-bond acceptors (Lipinski definition) is 3. The van der Waals surface area contributed by atoms with Crippen LogP contribution in [-0.4, -0.2) is 29.5 Å². The molecular formula is C15H24N2O2. The van der Waals surface area contributed by atoms with Gasteiger partial charge in [0, 0.05) is 20.1 Å². The van der Waals surface area contributed by atoms with Crippen molar-refractivity contribution in [1.82, 2.24) is 4.90 Å². The fourth-order valence-corrected chi connectivity index (χ4v) is 2.33. The van der Waals surface area contributed by atoms with Crippen LogP contribution in [0.1, 0.15) is 32.3 Å². The second-order valence-corrected chi connectivity index (χ2v) is 5.02. The van der Waals surface area contributed by atoms with Gasteiger partial charge >= 0.3 is 0 Å². The van der Waals surface area contributed by atoms with Crippen molar-refractivity contribution in [1.29, 1.82) is 0 Å². The Labute approximate surface area is 115 Å². The number of amides is 1. The van der Waals surface area contributed by atoms with Crippen LogP contribution in [0.15, 0.2) is 24.3 Å². The maximum Gasteiger partial charge on any atom is 0.230 e. The normalized spacial score (nSPS) is 11.4. The number of benzene rings is 1. The van der Waals surface area contributed by atoms with Gasteiger partial charge in [-0.2, -0.15) is 0 Å². The summed E-state index contributed by atoms with van der Waals surface area (Å²) in [6.45, 7) is 4.84. The monoisotopic (exact) mass is 264 g/mol. The molecule has 0 bridgehead atoms. The number of aromatic hydroxyl groups is 1. The van der Waals surface area contributed by atoms with Gasteiger partial charge in [-0.05, 0) is 30.5 Å². The number of carbonyl (C=O) groups excluding carboxylic acids is 1. The van der Waals surface area contributed by atoms with Gasteiger partial charge in [0.25, 0.3) is 0 Å². The molecule has 106 valence electrons. The Kier molecular flexibility index (Phi) is 5.36. The molecule has 0 aromatic heterocycles. The van der Waals surface area contributed by atoms with Crippen LogP contribution in [0.3, 0.4) is 0 Å². The van der Waals surface area contributed by atoms with E-state index in [2.05, 4.69) is 0 Å². The molecule has 0 saturated heterocycles. The van der Waals surface area contributed by atoms with Crippen LogP contribution in [0.5, 0.6) is 5.75 Å². The molecule has 3 N–H and O–H groups in total. The average Bonchev–Trinajstić information content (AvgIpc) is 2.41. The molecule has 0 unspecified atom stereocenters. The molecule has 0 aliphatic heterocycles. The first-order valence-corrected chi connectivity index (χ1v) is 6.72. The SMILES string of the molecule is CCC(CC)(CN)C(=O)N(C)Cc1cccc(O)c1. The van der Waals surface area contributed by atoms with E-state index in [-0.39, 0.29) is 11.7 Å². The van der Waals surface area contributed by atoms with Gasteiger partial charge in [-0.15, -0.1) is 0 Å². The Hall–Kier alpha value is -1.55. The van der Waals surface area contributed by atoms with E-state index >= 15 is 0 Å². The molecule has 0 aliphatic carbocycles. The summed E-state index contributed by atoms with van der Waals surface area (Å²) in [7, 11) is 1.78. The van der Waals surface area contributed by atoms with E-state index in [1.54, 1.807) is 30.1 Å². The van der Waals surface area contributed by atoms with Crippen LogP contribution in [0, 0.1) is 5.41 Å². The first-order chi connectivity index (χ1) is 8.99. The molecule has 1 amide bonds. The van der Waals surface area contributed by atoms with E-state index in [1.165, 1.54) is 0 Å². The number of rotatable bonds is 6. The highest BCUT2D eigenvalue weighted by Crippen LogP contribution is 2.28. The Balaban J connectivity index is 2.82. The third-order valence-corrected chi connectivity index (χ3v) is 3.87. The molecule has 0 saturated carbocycles. The first-order valence-electron chi connectivity index (χ1n) is 6.72. The van der Waals surface area contributed by atoms with Gasteiger partial charge in [-0.3, -0.25) is 4.79 Å². The van der Waals surface area contributed by atoms with Crippen molar-refractivity contribution in [2.75, 3.05) is 13.6 Å². The van der Waals surface area contributed by atoms with E-state index < -0.39 is 5.41 Å². The van der Waals surface area contributed by atoms with E-state index in [9.17, 15) is 9.90 Å². The van der Waals surface area contributed by atoms with Gasteiger partial charge in [0.05, 0.1) is 5.41 Å². The van der Waals surface area contributed by atoms with Crippen LogP contribution >= 0.6 is 0 Å². The zero-order valence-corrected chi connectivity index (χ0v) is 12.0. The zero-order chi connectivity index (χ0) is 14.5. The Morgan fingerprint density at radius 3 is 2.47 bits per heavy atom. The highest BCUT2D eigenvalue weighted by atomic mass is 16.3. The molecule has 4 nitrogen and oxygen atoms in total. The summed E-state index contributed by atoms with van der Waals surface area (Å²) in [4.78, 5) is 14.2. The molecule has 0 atom stereocenters. The van der Waals surface area contributed by atoms with Crippen molar-refractivity contribution < 1.29 is 9.90 Å². The van der Waals surface area contributed by atoms with Crippen LogP contribution in [0.25, 0.3) is 0 Å². The fraction of sp³-hybridized carbons (Fsp3) is 0.533. The summed E-state index contributed by atoms with van der Waals surface area (Å²) in [6.07, 6.45) is 1.48. The maximum atomic E-state index is 12.5. The standard InChI is InChI=1S/C15H24N2O2/c1-4-15(5-2,11-16)14(19)17(3)10-12-7-6-8-13(18)9-12/h6-9,18H,4-5,10-11,16H2,1-3H3. The fourth-order valence-electron chi connectivity index (χ4n) is 2.33. The smallest absolute Gasteiger partial charge is 0.230 e. The predicted octanol–water partition coefficient (Wildman–Crippen LogP) is 2.12. The molecule has 4 heteroatoms. The van der Waals surface area contributed by atoms with E-state index in [4.69, 9.17) is 5.73 Å². The zero-order valence-electron chi connectivity index (χ0n) is 12.0. The number of carbonyl (C=O) groups is 1. The third kappa shape index (κ3) is 3.47. The molecular weight excluding hydrogens is 240 g/mol. The summed E-state index contributed by atoms with van der Waals surface area (Å²) in [5.74, 6) is 0.290. The first kappa shape index (κ1) is 15.5. The Morgan fingerprint density at radius 1 is 1.37 bits per heavy atom. The van der Waals surface area contributed by atoms with Gasteiger partial charge < -0.3 is 15.7 Å². The topological polar surface area (TPSA) is 66.6 Å². The quantitative estimate of drug-likeness (QED) is 0.827. The lowest BCUT2D eigenvalue weighted by molar-refractivity contribution is -0.141. The summed E-state index contributed by atoms with van der Waals surface area (Å²) < 4.78 is 0. The largest absolute Gasteiger partial charge is 0.508 e. The van der Waals surface area contributed by atoms with E-state index in [1.807, 2.05) is 19.9 Å². The highest BCUT2D eigenvalue weighted by Gasteiger charge is 2.35. The minimum atomic E-state index is -0.467. The van der Waals surface area contributed by atoms with Gasteiger partial charge in [-0.25, -0.2) is 0 Å². The molecule has 19 heavy (non-hydrogen) atoms. The lowest BCUT2D eigenvalue weighted by atomic mass is 9.81. The van der Waals surface area contributed by atoms with Crippen molar-refractivity contribution in [3.8, 4) is 5.75 Å². The van der Waals surface area contributed by atoms with E-state index in [0.29, 0.717) is 13.1 Å². The van der Waals surface area contributed by atoms with Crippen molar-refractivity contribution in [3.05, 3.63) is 29.8 Å². The lowest BCUT2D eigenvalue weighted by Gasteiger charge is -2.33. The van der Waals surface area contributed by atoms with Gasteiger partial charge in [0.2, 0.25) is 5.91 Å². The molecule has 0 aliphatic rings. The third-order valence-electron chi connectivity index (χ3n) is 3.87. The summed E-state index contributed by atoms with van der Waals surface area (Å²) in [5.41, 5.74) is 6.24. The molecule has 0 radical (unpaired) electrons. The summed E-state index contributed by atoms with van der Waals surface area (Å²) in [5, 5.41) is 9.44. The number of phenols is 1. The average molecular weight is 264 g/mol. The van der Waals surface area contributed by atoms with Crippen LogP contribution in [0.4, 0.5) is 0 Å². The van der Waals surface area contributed by atoms with Crippen molar-refractivity contribution in [2.24, 2.45) is 11.1 Å². The Morgan fingerprint density at radius 2 is 2.00 bits per heavy atom. The second kappa shape index (κ2) is 6.57. The molecule has 1 aromatic rings. The lowest BCUT2D eigenvalue weighted by Crippen LogP contribution is -2.45. The maximum absolute atomic E-state index is 12.5. The van der Waals surface area contributed by atoms with Crippen LogP contribution in [-0.2, 0) is 11.3 Å². The summed E-state index contributed by atoms with van der Waals surface area (Å²) in [6, 6.07) is 6.96. The van der Waals surface area contributed by atoms with Gasteiger partial charge in [0.15, 0.2) is 0 Å². The molecule has 1 rings (SSSR count). The van der Waals surface area contributed by atoms with Gasteiger partial charge in [0.1, 0.15) is 5.75 Å². The molecule has 0 fully saturated rings. The van der Waals surface area contributed by atoms with Crippen molar-refractivity contribution in [2.45, 2.75) is 33.2 Å². The minimum absolute atomic E-state index is 0.0725. The van der Waals surface area contributed by atoms with Crippen LogP contribution < -0.4 is 5.73 Å². The molecule has 1 aromatic carbocycles. The molecule has 0 heterocycles. The van der Waals surface area contributed by atoms with Crippen LogP contribution in [0.2, 0.25) is 0 Å². The Bertz CT molecular complexity index is 420. The predicted molar refractivity (Wildman–Crippen MR) is 76.7 cm³/mol. The number of hydrogen-bond donors (Lipinski definition) is 2. The number of phenolic OH excluding ortho intramolecular Hbond substituents is 1. The summed E-state index contributed by atoms with van der Waals surface area (Å²) >= 11 is 0. The van der Waals surface area contributed by atoms with Crippen molar-refractivity contribution >= 4 is 5.91 Å². The van der Waals surface area contributed by atoms with E-state index in [0.717, 1.165) is 18.4 Å². The second-order valence-electron chi connectivity index (χ2n) is 5.02. The minimum Gasteiger partial charge on any atom is -0.508 e. The molecule has 0 spiro atoms. The van der Waals surface area contributed by atoms with Crippen molar-refractivity contribution in [3.63, 3.8) is 0 Å². The number of nitrogens with zero attached hydrogens (tertiary/aromatic N) is 1. The van der Waals surface area contributed by atoms with Gasteiger partial charge in [-0.1, -0.05) is 26.0 Å². The number of nitrogens with two attached hydrogens (primary N) is 1. The highest BCUT2D eigenvalue weighted by molar-refractivity contribution is 5.82.